The van der Waals surface area contributed by atoms with Crippen LogP contribution in [0.5, 0.6) is 0 Å². The lowest BCUT2D eigenvalue weighted by Gasteiger charge is -2.27. The highest BCUT2D eigenvalue weighted by Gasteiger charge is 2.37. The summed E-state index contributed by atoms with van der Waals surface area (Å²) in [5.74, 6) is -0.771. The lowest BCUT2D eigenvalue weighted by Crippen LogP contribution is -2.37. The van der Waals surface area contributed by atoms with Crippen molar-refractivity contribution in [2.45, 2.75) is 51.0 Å². The quantitative estimate of drug-likeness (QED) is 0.663. The lowest BCUT2D eigenvalue weighted by molar-refractivity contribution is -0.130. The minimum Gasteiger partial charge on any atom is -0.465 e. The second-order valence-electron chi connectivity index (χ2n) is 7.15. The standard InChI is InChI=1S/C20H26N2O4/c1-26-20(25)14-8-10-16(11-9-14)21-19(24)15-12-18(23)22(13-15)17-6-4-2-3-5-7-17/h8-11,15,17H,2-7,12-13H2,1H3,(H,21,24). The van der Waals surface area contributed by atoms with Crippen LogP contribution < -0.4 is 5.32 Å². The fraction of sp³-hybridized carbons (Fsp3) is 0.550. The molecule has 1 saturated carbocycles. The molecule has 2 aliphatic rings. The number of benzene rings is 1. The second kappa shape index (κ2) is 8.34. The first-order valence-corrected chi connectivity index (χ1v) is 9.37. The minimum absolute atomic E-state index is 0.0955. The van der Waals surface area contributed by atoms with Crippen LogP contribution in [0.1, 0.15) is 55.3 Å². The molecule has 3 rings (SSSR count). The van der Waals surface area contributed by atoms with E-state index >= 15 is 0 Å². The minimum atomic E-state index is -0.414. The van der Waals surface area contributed by atoms with E-state index in [9.17, 15) is 14.4 Å². The molecule has 6 nitrogen and oxygen atoms in total. The van der Waals surface area contributed by atoms with Gasteiger partial charge in [-0.1, -0.05) is 25.7 Å². The van der Waals surface area contributed by atoms with Crippen LogP contribution in [0.2, 0.25) is 0 Å². The second-order valence-corrected chi connectivity index (χ2v) is 7.15. The smallest absolute Gasteiger partial charge is 0.337 e. The Bertz CT molecular complexity index is 663. The zero-order chi connectivity index (χ0) is 18.5. The van der Waals surface area contributed by atoms with Gasteiger partial charge < -0.3 is 15.0 Å². The Morgan fingerprint density at radius 2 is 1.73 bits per heavy atom. The highest BCUT2D eigenvalue weighted by molar-refractivity contribution is 5.97. The van der Waals surface area contributed by atoms with Gasteiger partial charge in [0.1, 0.15) is 0 Å². The van der Waals surface area contributed by atoms with Crippen molar-refractivity contribution < 1.29 is 19.1 Å². The summed E-state index contributed by atoms with van der Waals surface area (Å²) in [5, 5.41) is 2.85. The Kier molecular flexibility index (Phi) is 5.91. The maximum Gasteiger partial charge on any atom is 0.337 e. The molecular weight excluding hydrogens is 332 g/mol. The van der Waals surface area contributed by atoms with Crippen molar-refractivity contribution in [1.29, 1.82) is 0 Å². The normalized spacial score (nSPS) is 21.3. The third-order valence-corrected chi connectivity index (χ3v) is 5.37. The maximum atomic E-state index is 12.5. The Morgan fingerprint density at radius 1 is 1.08 bits per heavy atom. The van der Waals surface area contributed by atoms with Crippen LogP contribution in [0.3, 0.4) is 0 Å². The molecule has 26 heavy (non-hydrogen) atoms. The largest absolute Gasteiger partial charge is 0.465 e. The Balaban J connectivity index is 1.58. The van der Waals surface area contributed by atoms with Crippen LogP contribution >= 0.6 is 0 Å². The van der Waals surface area contributed by atoms with E-state index in [0.29, 0.717) is 23.8 Å². The van der Waals surface area contributed by atoms with Crippen LogP contribution in [0.15, 0.2) is 24.3 Å². The maximum absolute atomic E-state index is 12.5. The molecule has 1 aliphatic carbocycles. The summed E-state index contributed by atoms with van der Waals surface area (Å²) in [7, 11) is 1.33. The molecule has 0 radical (unpaired) electrons. The summed E-state index contributed by atoms with van der Waals surface area (Å²) in [6.45, 7) is 0.510. The number of methoxy groups -OCH3 is 1. The fourth-order valence-electron chi connectivity index (χ4n) is 3.88. The molecule has 2 fully saturated rings. The SMILES string of the molecule is COC(=O)c1ccc(NC(=O)C2CC(=O)N(C3CCCCCC3)C2)cc1. The first-order valence-electron chi connectivity index (χ1n) is 9.37. The number of likely N-dealkylation sites (tertiary alicyclic amines) is 1. The zero-order valence-electron chi connectivity index (χ0n) is 15.2. The summed E-state index contributed by atoms with van der Waals surface area (Å²) in [4.78, 5) is 38.3. The third-order valence-electron chi connectivity index (χ3n) is 5.37. The van der Waals surface area contributed by atoms with E-state index < -0.39 is 5.97 Å². The van der Waals surface area contributed by atoms with Crippen LogP contribution in [0.25, 0.3) is 0 Å². The summed E-state index contributed by atoms with van der Waals surface area (Å²) in [5.41, 5.74) is 1.05. The molecule has 1 saturated heterocycles. The monoisotopic (exact) mass is 358 g/mol. The number of carbonyl (C=O) groups is 3. The number of anilines is 1. The van der Waals surface area contributed by atoms with Crippen LogP contribution in [0.4, 0.5) is 5.69 Å². The summed E-state index contributed by atoms with van der Waals surface area (Å²) in [6, 6.07) is 6.86. The van der Waals surface area contributed by atoms with Crippen molar-refractivity contribution in [2.75, 3.05) is 19.0 Å². The van der Waals surface area contributed by atoms with Gasteiger partial charge in [0.15, 0.2) is 0 Å². The number of nitrogens with one attached hydrogen (secondary N) is 1. The van der Waals surface area contributed by atoms with Crippen LogP contribution in [-0.4, -0.2) is 42.4 Å². The highest BCUT2D eigenvalue weighted by atomic mass is 16.5. The van der Waals surface area contributed by atoms with E-state index in [4.69, 9.17) is 0 Å². The molecule has 0 aromatic heterocycles. The highest BCUT2D eigenvalue weighted by Crippen LogP contribution is 2.28. The molecule has 1 aromatic carbocycles. The van der Waals surface area contributed by atoms with Crippen LogP contribution in [-0.2, 0) is 14.3 Å². The van der Waals surface area contributed by atoms with Gasteiger partial charge in [0.25, 0.3) is 0 Å². The van der Waals surface area contributed by atoms with E-state index in [-0.39, 0.29) is 24.2 Å². The van der Waals surface area contributed by atoms with Crippen molar-refractivity contribution in [3.63, 3.8) is 0 Å². The molecule has 1 aliphatic heterocycles. The van der Waals surface area contributed by atoms with Crippen molar-refractivity contribution in [3.05, 3.63) is 29.8 Å². The predicted octanol–water partition coefficient (Wildman–Crippen LogP) is 2.98. The van der Waals surface area contributed by atoms with Gasteiger partial charge in [-0.2, -0.15) is 0 Å². The van der Waals surface area contributed by atoms with Crippen molar-refractivity contribution >= 4 is 23.5 Å². The Labute approximate surface area is 153 Å². The number of carbonyl (C=O) groups excluding carboxylic acids is 3. The van der Waals surface area contributed by atoms with Crippen molar-refractivity contribution in [3.8, 4) is 0 Å². The van der Waals surface area contributed by atoms with Gasteiger partial charge in [0, 0.05) is 24.7 Å². The number of rotatable bonds is 4. The van der Waals surface area contributed by atoms with Gasteiger partial charge in [0.2, 0.25) is 11.8 Å². The molecule has 6 heteroatoms. The van der Waals surface area contributed by atoms with Gasteiger partial charge in [-0.3, -0.25) is 9.59 Å². The summed E-state index contributed by atoms with van der Waals surface area (Å²) < 4.78 is 4.66. The molecule has 1 unspecified atom stereocenters. The first-order chi connectivity index (χ1) is 12.6. The van der Waals surface area contributed by atoms with E-state index in [1.165, 1.54) is 20.0 Å². The number of ether oxygens (including phenoxy) is 1. The Morgan fingerprint density at radius 3 is 2.35 bits per heavy atom. The van der Waals surface area contributed by atoms with E-state index in [0.717, 1.165) is 25.7 Å². The molecule has 2 amide bonds. The fourth-order valence-corrected chi connectivity index (χ4v) is 3.88. The zero-order valence-corrected chi connectivity index (χ0v) is 15.2. The predicted molar refractivity (Wildman–Crippen MR) is 97.7 cm³/mol. The van der Waals surface area contributed by atoms with E-state index in [2.05, 4.69) is 10.1 Å². The van der Waals surface area contributed by atoms with Gasteiger partial charge in [-0.15, -0.1) is 0 Å². The topological polar surface area (TPSA) is 75.7 Å². The summed E-state index contributed by atoms with van der Waals surface area (Å²) in [6.07, 6.45) is 7.19. The molecule has 1 aromatic rings. The van der Waals surface area contributed by atoms with Crippen molar-refractivity contribution in [1.82, 2.24) is 4.90 Å². The third kappa shape index (κ3) is 4.23. The molecule has 0 spiro atoms. The van der Waals surface area contributed by atoms with E-state index in [1.807, 2.05) is 4.90 Å². The molecule has 1 N–H and O–H groups in total. The number of hydrogen-bond acceptors (Lipinski definition) is 4. The summed E-state index contributed by atoms with van der Waals surface area (Å²) >= 11 is 0. The van der Waals surface area contributed by atoms with E-state index in [1.54, 1.807) is 24.3 Å². The van der Waals surface area contributed by atoms with Crippen LogP contribution in [0, 0.1) is 5.92 Å². The molecule has 1 atom stereocenters. The average Bonchev–Trinajstić information content (AvgIpc) is 2.86. The molecule has 0 bridgehead atoms. The van der Waals surface area contributed by atoms with Gasteiger partial charge in [-0.05, 0) is 37.1 Å². The molecular formula is C20H26N2O4. The van der Waals surface area contributed by atoms with Gasteiger partial charge in [0.05, 0.1) is 18.6 Å². The molecule has 140 valence electrons. The van der Waals surface area contributed by atoms with Crippen molar-refractivity contribution in [2.24, 2.45) is 5.92 Å². The lowest BCUT2D eigenvalue weighted by atomic mass is 10.1. The number of amides is 2. The average molecular weight is 358 g/mol. The van der Waals surface area contributed by atoms with Gasteiger partial charge >= 0.3 is 5.97 Å². The number of nitrogens with zero attached hydrogens (tertiary/aromatic N) is 1. The Hall–Kier alpha value is -2.37. The number of esters is 1. The first kappa shape index (κ1) is 18.4. The van der Waals surface area contributed by atoms with Gasteiger partial charge in [-0.25, -0.2) is 4.79 Å². The number of hydrogen-bond donors (Lipinski definition) is 1. The molecule has 1 heterocycles.